The Hall–Kier alpha value is -2.05. The zero-order chi connectivity index (χ0) is 15.2. The monoisotopic (exact) mass is 294 g/mol. The van der Waals surface area contributed by atoms with E-state index in [0.29, 0.717) is 18.5 Å². The molecule has 3 N–H and O–H groups in total. The minimum atomic E-state index is -0.832. The number of rotatable bonds is 4. The summed E-state index contributed by atoms with van der Waals surface area (Å²) in [5.74, 6) is -1.34. The summed E-state index contributed by atoms with van der Waals surface area (Å²) < 4.78 is 1.71. The van der Waals surface area contributed by atoms with Gasteiger partial charge in [0.2, 0.25) is 0 Å². The molecule has 7 heteroatoms. The van der Waals surface area contributed by atoms with Crippen LogP contribution in [-0.4, -0.2) is 32.9 Å². The Morgan fingerprint density at radius 3 is 2.81 bits per heavy atom. The summed E-state index contributed by atoms with van der Waals surface area (Å²) in [7, 11) is 0. The highest BCUT2D eigenvalue weighted by Gasteiger charge is 2.30. The molecule has 7 nitrogen and oxygen atoms in total. The molecule has 1 aromatic rings. The number of hydrogen-bond donors (Lipinski definition) is 3. The molecule has 1 aliphatic rings. The van der Waals surface area contributed by atoms with Gasteiger partial charge in [-0.1, -0.05) is 19.3 Å². The quantitative estimate of drug-likeness (QED) is 0.740. The predicted octanol–water partition coefficient (Wildman–Crippen LogP) is 2.06. The topological polar surface area (TPSA) is 96.2 Å². The largest absolute Gasteiger partial charge is 0.481 e. The Morgan fingerprint density at radius 1 is 1.38 bits per heavy atom. The molecule has 21 heavy (non-hydrogen) atoms. The van der Waals surface area contributed by atoms with Crippen LogP contribution in [0.2, 0.25) is 0 Å². The van der Waals surface area contributed by atoms with Gasteiger partial charge < -0.3 is 15.7 Å². The van der Waals surface area contributed by atoms with Crippen molar-refractivity contribution in [3.05, 3.63) is 12.4 Å². The number of nitrogens with zero attached hydrogens (tertiary/aromatic N) is 2. The van der Waals surface area contributed by atoms with Gasteiger partial charge in [0.05, 0.1) is 17.8 Å². The van der Waals surface area contributed by atoms with Crippen LogP contribution in [0.15, 0.2) is 12.4 Å². The van der Waals surface area contributed by atoms with E-state index in [1.807, 2.05) is 6.92 Å². The van der Waals surface area contributed by atoms with Crippen LogP contribution in [-0.2, 0) is 11.3 Å². The van der Waals surface area contributed by atoms with Gasteiger partial charge >= 0.3 is 12.0 Å². The molecule has 0 saturated heterocycles. The van der Waals surface area contributed by atoms with E-state index in [-0.39, 0.29) is 12.1 Å². The van der Waals surface area contributed by atoms with Gasteiger partial charge in [-0.25, -0.2) is 4.79 Å². The Labute approximate surface area is 123 Å². The van der Waals surface area contributed by atoms with Crippen molar-refractivity contribution in [3.8, 4) is 0 Å². The molecule has 2 amide bonds. The molecule has 2 atom stereocenters. The van der Waals surface area contributed by atoms with Crippen LogP contribution in [0.5, 0.6) is 0 Å². The van der Waals surface area contributed by atoms with Gasteiger partial charge in [-0.2, -0.15) is 5.10 Å². The third-order valence-electron chi connectivity index (χ3n) is 3.86. The van der Waals surface area contributed by atoms with E-state index in [2.05, 4.69) is 15.7 Å². The molecule has 1 aromatic heterocycles. The minimum absolute atomic E-state index is 0.314. The SMILES string of the molecule is CCn1cc(NC(=O)NC2CCCCCC2C(=O)O)cn1. The molecular weight excluding hydrogens is 272 g/mol. The highest BCUT2D eigenvalue weighted by Crippen LogP contribution is 2.24. The predicted molar refractivity (Wildman–Crippen MR) is 78.1 cm³/mol. The van der Waals surface area contributed by atoms with Crippen molar-refractivity contribution in [2.75, 3.05) is 5.32 Å². The number of aromatic nitrogens is 2. The number of aryl methyl sites for hydroxylation is 1. The number of nitrogens with one attached hydrogen (secondary N) is 2. The molecule has 1 fully saturated rings. The van der Waals surface area contributed by atoms with Gasteiger partial charge in [0.25, 0.3) is 0 Å². The Balaban J connectivity index is 1.94. The molecule has 2 unspecified atom stereocenters. The summed E-state index contributed by atoms with van der Waals surface area (Å²) in [6.45, 7) is 2.69. The second-order valence-corrected chi connectivity index (χ2v) is 5.37. The third kappa shape index (κ3) is 4.21. The maximum atomic E-state index is 12.0. The second-order valence-electron chi connectivity index (χ2n) is 5.37. The fourth-order valence-electron chi connectivity index (χ4n) is 2.71. The first-order valence-electron chi connectivity index (χ1n) is 7.43. The molecule has 0 aliphatic heterocycles. The summed E-state index contributed by atoms with van der Waals surface area (Å²) in [6.07, 6.45) is 7.51. The van der Waals surface area contributed by atoms with Crippen molar-refractivity contribution in [1.82, 2.24) is 15.1 Å². The molecule has 1 saturated carbocycles. The van der Waals surface area contributed by atoms with Crippen molar-refractivity contribution in [2.45, 2.75) is 51.6 Å². The van der Waals surface area contributed by atoms with E-state index >= 15 is 0 Å². The van der Waals surface area contributed by atoms with Gasteiger partial charge in [0, 0.05) is 18.8 Å². The maximum Gasteiger partial charge on any atom is 0.319 e. The van der Waals surface area contributed by atoms with Crippen molar-refractivity contribution in [3.63, 3.8) is 0 Å². The summed E-state index contributed by atoms with van der Waals surface area (Å²) >= 11 is 0. The average Bonchev–Trinajstić information content (AvgIpc) is 2.75. The van der Waals surface area contributed by atoms with Crippen LogP contribution in [0.4, 0.5) is 10.5 Å². The normalized spacial score (nSPS) is 22.3. The Kier molecular flexibility index (Phi) is 5.19. The molecular formula is C14H22N4O3. The molecule has 2 rings (SSSR count). The molecule has 1 heterocycles. The van der Waals surface area contributed by atoms with Crippen molar-refractivity contribution in [2.24, 2.45) is 5.92 Å². The molecule has 0 bridgehead atoms. The first kappa shape index (κ1) is 15.3. The van der Waals surface area contributed by atoms with Gasteiger partial charge in [-0.15, -0.1) is 0 Å². The first-order valence-corrected chi connectivity index (χ1v) is 7.43. The summed E-state index contributed by atoms with van der Waals surface area (Å²) in [4.78, 5) is 23.3. The van der Waals surface area contributed by atoms with Crippen LogP contribution in [0.3, 0.4) is 0 Å². The van der Waals surface area contributed by atoms with E-state index in [9.17, 15) is 14.7 Å². The van der Waals surface area contributed by atoms with Crippen LogP contribution in [0, 0.1) is 5.92 Å². The highest BCUT2D eigenvalue weighted by molar-refractivity contribution is 5.89. The molecule has 0 aromatic carbocycles. The van der Waals surface area contributed by atoms with E-state index in [1.165, 1.54) is 0 Å². The highest BCUT2D eigenvalue weighted by atomic mass is 16.4. The Bertz CT molecular complexity index is 500. The van der Waals surface area contributed by atoms with Crippen molar-refractivity contribution >= 4 is 17.7 Å². The number of carbonyl (C=O) groups excluding carboxylic acids is 1. The van der Waals surface area contributed by atoms with Crippen LogP contribution in [0.25, 0.3) is 0 Å². The molecule has 0 spiro atoms. The van der Waals surface area contributed by atoms with Crippen molar-refractivity contribution < 1.29 is 14.7 Å². The minimum Gasteiger partial charge on any atom is -0.481 e. The number of carboxylic acid groups (broad SMARTS) is 1. The molecule has 116 valence electrons. The standard InChI is InChI=1S/C14H22N4O3/c1-2-18-9-10(8-15-18)16-14(21)17-12-7-5-3-4-6-11(12)13(19)20/h8-9,11-12H,2-7H2,1H3,(H,19,20)(H2,16,17,21). The lowest BCUT2D eigenvalue weighted by atomic mass is 9.95. The number of aliphatic carboxylic acids is 1. The number of hydrogen-bond acceptors (Lipinski definition) is 3. The van der Waals surface area contributed by atoms with Gasteiger partial charge in [0.1, 0.15) is 0 Å². The van der Waals surface area contributed by atoms with Gasteiger partial charge in [-0.3, -0.25) is 9.48 Å². The fourth-order valence-corrected chi connectivity index (χ4v) is 2.71. The van der Waals surface area contributed by atoms with Crippen molar-refractivity contribution in [1.29, 1.82) is 0 Å². The zero-order valence-electron chi connectivity index (χ0n) is 12.2. The smallest absolute Gasteiger partial charge is 0.319 e. The lowest BCUT2D eigenvalue weighted by Crippen LogP contribution is -2.44. The van der Waals surface area contributed by atoms with E-state index in [4.69, 9.17) is 0 Å². The lowest BCUT2D eigenvalue weighted by molar-refractivity contribution is -0.142. The van der Waals surface area contributed by atoms with E-state index in [1.54, 1.807) is 17.1 Å². The van der Waals surface area contributed by atoms with Crippen LogP contribution < -0.4 is 10.6 Å². The number of carbonyl (C=O) groups is 2. The first-order chi connectivity index (χ1) is 10.1. The summed E-state index contributed by atoms with van der Waals surface area (Å²) in [6, 6.07) is -0.685. The third-order valence-corrected chi connectivity index (χ3v) is 3.86. The maximum absolute atomic E-state index is 12.0. The summed E-state index contributed by atoms with van der Waals surface area (Å²) in [5, 5.41) is 18.9. The van der Waals surface area contributed by atoms with Crippen LogP contribution in [0.1, 0.15) is 39.0 Å². The number of anilines is 1. The van der Waals surface area contributed by atoms with E-state index < -0.39 is 11.9 Å². The molecule has 1 aliphatic carbocycles. The lowest BCUT2D eigenvalue weighted by Gasteiger charge is -2.22. The number of amides is 2. The molecule has 0 radical (unpaired) electrons. The Morgan fingerprint density at radius 2 is 2.14 bits per heavy atom. The average molecular weight is 294 g/mol. The van der Waals surface area contributed by atoms with Crippen LogP contribution >= 0.6 is 0 Å². The zero-order valence-corrected chi connectivity index (χ0v) is 12.2. The van der Waals surface area contributed by atoms with Gasteiger partial charge in [-0.05, 0) is 19.8 Å². The van der Waals surface area contributed by atoms with E-state index in [0.717, 1.165) is 25.8 Å². The number of urea groups is 1. The number of carboxylic acids is 1. The second kappa shape index (κ2) is 7.10. The fraction of sp³-hybridized carbons (Fsp3) is 0.643. The van der Waals surface area contributed by atoms with Gasteiger partial charge in [0.15, 0.2) is 0 Å². The summed E-state index contributed by atoms with van der Waals surface area (Å²) in [5.41, 5.74) is 0.606.